The minimum atomic E-state index is 0.772. The normalized spacial score (nSPS) is 27.1. The van der Waals surface area contributed by atoms with Gasteiger partial charge in [0, 0.05) is 0 Å². The summed E-state index contributed by atoms with van der Waals surface area (Å²) in [6.07, 6.45) is 16.5. The van der Waals surface area contributed by atoms with Crippen molar-refractivity contribution in [3.8, 4) is 0 Å². The summed E-state index contributed by atoms with van der Waals surface area (Å²) in [7, 11) is 0. The summed E-state index contributed by atoms with van der Waals surface area (Å²) in [6, 6.07) is 0. The first-order valence-corrected chi connectivity index (χ1v) is 8.55. The quantitative estimate of drug-likeness (QED) is 0.578. The highest BCUT2D eigenvalue weighted by atomic mass is 14.3. The van der Waals surface area contributed by atoms with Crippen LogP contribution in [0.5, 0.6) is 0 Å². The van der Waals surface area contributed by atoms with Gasteiger partial charge in [0.1, 0.15) is 0 Å². The minimum Gasteiger partial charge on any atom is -0.0699 e. The molecule has 2 unspecified atom stereocenters. The molecule has 20 heavy (non-hydrogen) atoms. The number of rotatable bonds is 3. The summed E-state index contributed by atoms with van der Waals surface area (Å²) in [6.45, 7) is 6.99. The van der Waals surface area contributed by atoms with Crippen LogP contribution in [0.1, 0.15) is 65.7 Å². The van der Waals surface area contributed by atoms with Crippen LogP contribution in [0.4, 0.5) is 0 Å². The molecule has 0 aromatic heterocycles. The van der Waals surface area contributed by atoms with Gasteiger partial charge >= 0.3 is 0 Å². The molecule has 0 bridgehead atoms. The molecule has 0 saturated heterocycles. The van der Waals surface area contributed by atoms with E-state index in [4.69, 9.17) is 0 Å². The fourth-order valence-electron chi connectivity index (χ4n) is 4.05. The first-order chi connectivity index (χ1) is 9.72. The van der Waals surface area contributed by atoms with Gasteiger partial charge in [-0.3, -0.25) is 0 Å². The average molecular weight is 268 g/mol. The summed E-state index contributed by atoms with van der Waals surface area (Å²) < 4.78 is 0. The smallest absolute Gasteiger partial charge is 0.0119 e. The zero-order valence-electron chi connectivity index (χ0n) is 13.3. The van der Waals surface area contributed by atoms with Crippen LogP contribution in [0.2, 0.25) is 0 Å². The van der Waals surface area contributed by atoms with E-state index >= 15 is 0 Å². The first kappa shape index (κ1) is 13.9. The molecule has 0 spiro atoms. The number of hydrogen-bond acceptors (Lipinski definition) is 0. The van der Waals surface area contributed by atoms with E-state index in [1.165, 1.54) is 44.9 Å². The molecular formula is C20H28. The Bertz CT molecular complexity index is 510. The van der Waals surface area contributed by atoms with Crippen LogP contribution in [0.3, 0.4) is 0 Å². The minimum absolute atomic E-state index is 0.772. The van der Waals surface area contributed by atoms with E-state index in [-0.39, 0.29) is 0 Å². The van der Waals surface area contributed by atoms with E-state index in [0.29, 0.717) is 0 Å². The molecule has 108 valence electrons. The summed E-state index contributed by atoms with van der Waals surface area (Å²) in [5, 5.41) is 0. The van der Waals surface area contributed by atoms with E-state index in [0.717, 1.165) is 11.8 Å². The van der Waals surface area contributed by atoms with Crippen LogP contribution in [0, 0.1) is 11.8 Å². The van der Waals surface area contributed by atoms with Gasteiger partial charge in [0.05, 0.1) is 0 Å². The van der Waals surface area contributed by atoms with Gasteiger partial charge in [-0.1, -0.05) is 50.1 Å². The maximum atomic E-state index is 2.56. The summed E-state index contributed by atoms with van der Waals surface area (Å²) in [4.78, 5) is 0. The average Bonchev–Trinajstić information content (AvgIpc) is 2.52. The molecule has 0 N–H and O–H groups in total. The Morgan fingerprint density at radius 1 is 1.15 bits per heavy atom. The van der Waals surface area contributed by atoms with Gasteiger partial charge in [0.2, 0.25) is 0 Å². The SMILES string of the molecule is CCC1=CC=C2C3=C(C=C(C(C)CC)CC3)CCC2C1. The molecule has 0 fully saturated rings. The molecule has 3 aliphatic carbocycles. The Balaban J connectivity index is 1.91. The molecule has 0 nitrogen and oxygen atoms in total. The Morgan fingerprint density at radius 3 is 2.75 bits per heavy atom. The fraction of sp³-hybridized carbons (Fsp3) is 0.600. The van der Waals surface area contributed by atoms with Crippen LogP contribution in [-0.4, -0.2) is 0 Å². The van der Waals surface area contributed by atoms with Crippen molar-refractivity contribution in [1.29, 1.82) is 0 Å². The van der Waals surface area contributed by atoms with Crippen LogP contribution in [0.25, 0.3) is 0 Å². The number of allylic oxidation sites excluding steroid dienone is 8. The van der Waals surface area contributed by atoms with Crippen LogP contribution in [0.15, 0.2) is 46.1 Å². The zero-order chi connectivity index (χ0) is 14.1. The highest BCUT2D eigenvalue weighted by molar-refractivity contribution is 5.51. The number of hydrogen-bond donors (Lipinski definition) is 0. The van der Waals surface area contributed by atoms with Gasteiger partial charge < -0.3 is 0 Å². The maximum Gasteiger partial charge on any atom is -0.0119 e. The van der Waals surface area contributed by atoms with Crippen molar-refractivity contribution in [2.45, 2.75) is 65.7 Å². The monoisotopic (exact) mass is 268 g/mol. The molecule has 0 aromatic carbocycles. The highest BCUT2D eigenvalue weighted by Crippen LogP contribution is 2.45. The van der Waals surface area contributed by atoms with Crippen molar-refractivity contribution in [3.05, 3.63) is 46.1 Å². The number of fused-ring (bicyclic) bond motifs is 2. The molecule has 0 heteroatoms. The van der Waals surface area contributed by atoms with Gasteiger partial charge in [-0.25, -0.2) is 0 Å². The van der Waals surface area contributed by atoms with E-state index in [1.807, 2.05) is 0 Å². The molecule has 3 rings (SSSR count). The third-order valence-corrected chi connectivity index (χ3v) is 5.67. The van der Waals surface area contributed by atoms with Gasteiger partial charge in [-0.05, 0) is 73.5 Å². The van der Waals surface area contributed by atoms with Crippen molar-refractivity contribution in [2.75, 3.05) is 0 Å². The van der Waals surface area contributed by atoms with E-state index < -0.39 is 0 Å². The summed E-state index contributed by atoms with van der Waals surface area (Å²) >= 11 is 0. The van der Waals surface area contributed by atoms with Crippen molar-refractivity contribution < 1.29 is 0 Å². The van der Waals surface area contributed by atoms with E-state index in [9.17, 15) is 0 Å². The first-order valence-electron chi connectivity index (χ1n) is 8.55. The predicted octanol–water partition coefficient (Wildman–Crippen LogP) is 6.13. The maximum absolute atomic E-state index is 2.56. The Kier molecular flexibility index (Phi) is 4.01. The third kappa shape index (κ3) is 2.45. The van der Waals surface area contributed by atoms with Gasteiger partial charge in [-0.15, -0.1) is 0 Å². The van der Waals surface area contributed by atoms with Gasteiger partial charge in [0.25, 0.3) is 0 Å². The van der Waals surface area contributed by atoms with Gasteiger partial charge in [0.15, 0.2) is 0 Å². The fourth-order valence-corrected chi connectivity index (χ4v) is 4.05. The second-order valence-electron chi connectivity index (χ2n) is 6.77. The largest absolute Gasteiger partial charge is 0.0699 e. The van der Waals surface area contributed by atoms with Crippen molar-refractivity contribution >= 4 is 0 Å². The van der Waals surface area contributed by atoms with Crippen LogP contribution in [-0.2, 0) is 0 Å². The molecule has 0 amide bonds. The predicted molar refractivity (Wildman–Crippen MR) is 87.6 cm³/mol. The van der Waals surface area contributed by atoms with Crippen LogP contribution >= 0.6 is 0 Å². The van der Waals surface area contributed by atoms with E-state index in [2.05, 4.69) is 39.0 Å². The van der Waals surface area contributed by atoms with Crippen LogP contribution < -0.4 is 0 Å². The lowest BCUT2D eigenvalue weighted by Gasteiger charge is -2.35. The summed E-state index contributed by atoms with van der Waals surface area (Å²) in [5.74, 6) is 1.60. The lowest BCUT2D eigenvalue weighted by atomic mass is 9.70. The molecule has 0 aliphatic heterocycles. The molecule has 0 aromatic rings. The molecule has 0 radical (unpaired) electrons. The van der Waals surface area contributed by atoms with Crippen molar-refractivity contribution in [2.24, 2.45) is 11.8 Å². The highest BCUT2D eigenvalue weighted by Gasteiger charge is 2.29. The topological polar surface area (TPSA) is 0 Å². The zero-order valence-corrected chi connectivity index (χ0v) is 13.3. The lowest BCUT2D eigenvalue weighted by molar-refractivity contribution is 0.512. The molecule has 0 heterocycles. The van der Waals surface area contributed by atoms with Crippen molar-refractivity contribution in [3.63, 3.8) is 0 Å². The summed E-state index contributed by atoms with van der Waals surface area (Å²) in [5.41, 5.74) is 8.41. The third-order valence-electron chi connectivity index (χ3n) is 5.67. The Morgan fingerprint density at radius 2 is 2.00 bits per heavy atom. The van der Waals surface area contributed by atoms with Crippen molar-refractivity contribution in [1.82, 2.24) is 0 Å². The molecule has 0 saturated carbocycles. The molecular weight excluding hydrogens is 240 g/mol. The standard InChI is InChI=1S/C20H28/c1-4-14(3)16-9-11-20-18(13-16)8-7-17-12-15(5-2)6-10-19(17)20/h6,10,13-14,17H,4-5,7-9,11-12H2,1-3H3. The van der Waals surface area contributed by atoms with Gasteiger partial charge in [-0.2, -0.15) is 0 Å². The second-order valence-corrected chi connectivity index (χ2v) is 6.77. The van der Waals surface area contributed by atoms with E-state index in [1.54, 1.807) is 27.9 Å². The second kappa shape index (κ2) is 5.76. The Hall–Kier alpha value is -1.04. The molecule has 2 atom stereocenters. The molecule has 3 aliphatic rings. The Labute approximate surface area is 124 Å². The lowest BCUT2D eigenvalue weighted by Crippen LogP contribution is -2.19.